The SMILES string of the molecule is CCOc1ccc(NC(=O)CNC(=O)c2ccc(Cl)c(Cl)c2)cc1. The van der Waals surface area contributed by atoms with Gasteiger partial charge < -0.3 is 15.4 Å². The van der Waals surface area contributed by atoms with E-state index in [4.69, 9.17) is 27.9 Å². The number of carbonyl (C=O) groups is 2. The van der Waals surface area contributed by atoms with Crippen molar-refractivity contribution in [2.45, 2.75) is 6.92 Å². The lowest BCUT2D eigenvalue weighted by atomic mass is 10.2. The van der Waals surface area contributed by atoms with Gasteiger partial charge in [0.1, 0.15) is 5.75 Å². The minimum atomic E-state index is -0.407. The van der Waals surface area contributed by atoms with Crippen LogP contribution in [0, 0.1) is 0 Å². The van der Waals surface area contributed by atoms with E-state index in [0.717, 1.165) is 5.75 Å². The number of anilines is 1. The Balaban J connectivity index is 1.86. The monoisotopic (exact) mass is 366 g/mol. The Morgan fingerprint density at radius 1 is 1.04 bits per heavy atom. The third-order valence-electron chi connectivity index (χ3n) is 3.04. The molecule has 0 saturated heterocycles. The van der Waals surface area contributed by atoms with Gasteiger partial charge in [-0.25, -0.2) is 0 Å². The molecule has 0 aliphatic rings. The molecule has 0 radical (unpaired) electrons. The van der Waals surface area contributed by atoms with Crippen LogP contribution in [-0.2, 0) is 4.79 Å². The summed E-state index contributed by atoms with van der Waals surface area (Å²) in [6.07, 6.45) is 0. The van der Waals surface area contributed by atoms with Crippen molar-refractivity contribution < 1.29 is 14.3 Å². The molecule has 0 atom stereocenters. The van der Waals surface area contributed by atoms with Gasteiger partial charge in [-0.2, -0.15) is 0 Å². The lowest BCUT2D eigenvalue weighted by molar-refractivity contribution is -0.115. The maximum Gasteiger partial charge on any atom is 0.251 e. The summed E-state index contributed by atoms with van der Waals surface area (Å²) in [5.74, 6) is -0.0219. The quantitative estimate of drug-likeness (QED) is 0.817. The van der Waals surface area contributed by atoms with Gasteiger partial charge in [-0.15, -0.1) is 0 Å². The number of hydrogen-bond donors (Lipinski definition) is 2. The lowest BCUT2D eigenvalue weighted by Gasteiger charge is -2.08. The lowest BCUT2D eigenvalue weighted by Crippen LogP contribution is -2.32. The second-order valence-corrected chi connectivity index (χ2v) is 5.63. The number of rotatable bonds is 6. The Morgan fingerprint density at radius 2 is 1.75 bits per heavy atom. The van der Waals surface area contributed by atoms with Gasteiger partial charge in [-0.1, -0.05) is 23.2 Å². The second-order valence-electron chi connectivity index (χ2n) is 4.82. The van der Waals surface area contributed by atoms with Gasteiger partial charge >= 0.3 is 0 Å². The van der Waals surface area contributed by atoms with Crippen molar-refractivity contribution in [3.63, 3.8) is 0 Å². The van der Waals surface area contributed by atoms with Gasteiger partial charge in [0.05, 0.1) is 23.2 Å². The van der Waals surface area contributed by atoms with E-state index in [9.17, 15) is 9.59 Å². The highest BCUT2D eigenvalue weighted by molar-refractivity contribution is 6.42. The van der Waals surface area contributed by atoms with E-state index < -0.39 is 5.91 Å². The molecule has 0 spiro atoms. The number of carbonyl (C=O) groups excluding carboxylic acids is 2. The standard InChI is InChI=1S/C17H16Cl2N2O3/c1-2-24-13-6-4-12(5-7-13)21-16(22)10-20-17(23)11-3-8-14(18)15(19)9-11/h3-9H,2,10H2,1H3,(H,20,23)(H,21,22). The highest BCUT2D eigenvalue weighted by Gasteiger charge is 2.10. The Hall–Kier alpha value is -2.24. The van der Waals surface area contributed by atoms with E-state index in [2.05, 4.69) is 10.6 Å². The average Bonchev–Trinajstić information content (AvgIpc) is 2.57. The Kier molecular flexibility index (Phi) is 6.46. The fourth-order valence-electron chi connectivity index (χ4n) is 1.91. The highest BCUT2D eigenvalue weighted by atomic mass is 35.5. The molecular weight excluding hydrogens is 351 g/mol. The summed E-state index contributed by atoms with van der Waals surface area (Å²) >= 11 is 11.7. The third kappa shape index (κ3) is 5.15. The number of halogens is 2. The summed E-state index contributed by atoms with van der Waals surface area (Å²) in [5, 5.41) is 5.85. The summed E-state index contributed by atoms with van der Waals surface area (Å²) in [7, 11) is 0. The van der Waals surface area contributed by atoms with E-state index in [0.29, 0.717) is 22.9 Å². The summed E-state index contributed by atoms with van der Waals surface area (Å²) < 4.78 is 5.32. The number of benzene rings is 2. The molecule has 7 heteroatoms. The molecule has 126 valence electrons. The molecule has 5 nitrogen and oxygen atoms in total. The Bertz CT molecular complexity index is 733. The predicted molar refractivity (Wildman–Crippen MR) is 95.0 cm³/mol. The minimum absolute atomic E-state index is 0.160. The first-order valence-electron chi connectivity index (χ1n) is 7.25. The van der Waals surface area contributed by atoms with Crippen LogP contribution in [-0.4, -0.2) is 25.0 Å². The van der Waals surface area contributed by atoms with Crippen LogP contribution in [0.4, 0.5) is 5.69 Å². The van der Waals surface area contributed by atoms with Crippen LogP contribution in [0.25, 0.3) is 0 Å². The van der Waals surface area contributed by atoms with Crippen LogP contribution in [0.1, 0.15) is 17.3 Å². The first-order valence-corrected chi connectivity index (χ1v) is 8.01. The van der Waals surface area contributed by atoms with Crippen LogP contribution < -0.4 is 15.4 Å². The van der Waals surface area contributed by atoms with Crippen molar-refractivity contribution in [1.82, 2.24) is 5.32 Å². The molecule has 2 rings (SSSR count). The van der Waals surface area contributed by atoms with E-state index in [-0.39, 0.29) is 17.5 Å². The normalized spacial score (nSPS) is 10.1. The van der Waals surface area contributed by atoms with Crippen LogP contribution in [0.15, 0.2) is 42.5 Å². The molecule has 0 aromatic heterocycles. The number of hydrogen-bond acceptors (Lipinski definition) is 3. The summed E-state index contributed by atoms with van der Waals surface area (Å²) in [4.78, 5) is 23.8. The Labute approximate surface area is 149 Å². The third-order valence-corrected chi connectivity index (χ3v) is 3.78. The van der Waals surface area contributed by atoms with Crippen LogP contribution >= 0.6 is 23.2 Å². The van der Waals surface area contributed by atoms with E-state index in [1.807, 2.05) is 6.92 Å². The number of ether oxygens (including phenoxy) is 1. The van der Waals surface area contributed by atoms with Crippen molar-refractivity contribution in [3.8, 4) is 5.75 Å². The zero-order valence-corrected chi connectivity index (χ0v) is 14.4. The fourth-order valence-corrected chi connectivity index (χ4v) is 2.20. The molecule has 2 N–H and O–H groups in total. The van der Waals surface area contributed by atoms with Crippen LogP contribution in [0.2, 0.25) is 10.0 Å². The molecule has 2 aromatic carbocycles. The van der Waals surface area contributed by atoms with Crippen molar-refractivity contribution in [1.29, 1.82) is 0 Å². The number of nitrogens with one attached hydrogen (secondary N) is 2. The van der Waals surface area contributed by atoms with Crippen molar-refractivity contribution in [2.24, 2.45) is 0 Å². The van der Waals surface area contributed by atoms with E-state index in [1.54, 1.807) is 24.3 Å². The molecule has 0 aliphatic heterocycles. The molecule has 0 aliphatic carbocycles. The summed E-state index contributed by atoms with van der Waals surface area (Å²) in [6.45, 7) is 2.31. The summed E-state index contributed by atoms with van der Waals surface area (Å²) in [5.41, 5.74) is 0.950. The van der Waals surface area contributed by atoms with Gasteiger partial charge in [0, 0.05) is 11.3 Å². The molecule has 2 aromatic rings. The van der Waals surface area contributed by atoms with Gasteiger partial charge in [0.25, 0.3) is 5.91 Å². The second kappa shape index (κ2) is 8.57. The minimum Gasteiger partial charge on any atom is -0.494 e. The largest absolute Gasteiger partial charge is 0.494 e. The molecule has 0 bridgehead atoms. The van der Waals surface area contributed by atoms with Crippen molar-refractivity contribution in [2.75, 3.05) is 18.5 Å². The molecule has 0 saturated carbocycles. The van der Waals surface area contributed by atoms with E-state index in [1.165, 1.54) is 18.2 Å². The maximum absolute atomic E-state index is 12.0. The van der Waals surface area contributed by atoms with Crippen molar-refractivity contribution in [3.05, 3.63) is 58.1 Å². The fraction of sp³-hybridized carbons (Fsp3) is 0.176. The summed E-state index contributed by atoms with van der Waals surface area (Å²) in [6, 6.07) is 11.5. The first kappa shape index (κ1) is 18.1. The molecule has 0 fully saturated rings. The highest BCUT2D eigenvalue weighted by Crippen LogP contribution is 2.22. The average molecular weight is 367 g/mol. The molecule has 2 amide bonds. The maximum atomic E-state index is 12.0. The molecule has 0 heterocycles. The van der Waals surface area contributed by atoms with Crippen LogP contribution in [0.5, 0.6) is 5.75 Å². The van der Waals surface area contributed by atoms with Crippen LogP contribution in [0.3, 0.4) is 0 Å². The number of amides is 2. The molecular formula is C17H16Cl2N2O3. The molecule has 24 heavy (non-hydrogen) atoms. The molecule has 0 unspecified atom stereocenters. The topological polar surface area (TPSA) is 67.4 Å². The Morgan fingerprint density at radius 3 is 2.38 bits per heavy atom. The first-order chi connectivity index (χ1) is 11.5. The van der Waals surface area contributed by atoms with Gasteiger partial charge in [0.15, 0.2) is 0 Å². The predicted octanol–water partition coefficient (Wildman–Crippen LogP) is 3.76. The smallest absolute Gasteiger partial charge is 0.251 e. The van der Waals surface area contributed by atoms with E-state index >= 15 is 0 Å². The van der Waals surface area contributed by atoms with Gasteiger partial charge in [-0.05, 0) is 49.4 Å². The zero-order valence-electron chi connectivity index (χ0n) is 12.9. The van der Waals surface area contributed by atoms with Gasteiger partial charge in [0.2, 0.25) is 5.91 Å². The zero-order chi connectivity index (χ0) is 17.5. The van der Waals surface area contributed by atoms with Gasteiger partial charge in [-0.3, -0.25) is 9.59 Å². The van der Waals surface area contributed by atoms with Crippen molar-refractivity contribution >= 4 is 40.7 Å².